The second kappa shape index (κ2) is 9.12. The lowest BCUT2D eigenvalue weighted by Gasteiger charge is -2.21. The van der Waals surface area contributed by atoms with E-state index in [1.165, 1.54) is 12.1 Å². The molecule has 178 valence electrons. The minimum absolute atomic E-state index is 0.0928. The molecule has 4 rings (SSSR count). The highest BCUT2D eigenvalue weighted by atomic mass is 19.4. The van der Waals surface area contributed by atoms with Crippen LogP contribution < -0.4 is 5.32 Å². The quantitative estimate of drug-likeness (QED) is 0.393. The third-order valence-electron chi connectivity index (χ3n) is 6.21. The van der Waals surface area contributed by atoms with E-state index in [1.807, 2.05) is 44.2 Å². The number of aryl methyl sites for hydroxylation is 1. The molecule has 1 unspecified atom stereocenters. The number of carbonyl (C=O) groups is 1. The number of hydrogen-bond acceptors (Lipinski definition) is 1. The second-order valence-electron chi connectivity index (χ2n) is 9.01. The fourth-order valence-electron chi connectivity index (χ4n) is 4.40. The van der Waals surface area contributed by atoms with Gasteiger partial charge in [-0.25, -0.2) is 9.18 Å². The molecule has 0 saturated carbocycles. The number of rotatable bonds is 5. The number of nitrogens with one attached hydrogen (secondary N) is 1. The molecule has 0 aromatic heterocycles. The molecule has 0 radical (unpaired) electrons. The molecule has 1 saturated heterocycles. The van der Waals surface area contributed by atoms with E-state index in [2.05, 4.69) is 5.32 Å². The molecule has 1 fully saturated rings. The summed E-state index contributed by atoms with van der Waals surface area (Å²) in [5.74, 6) is -0.433. The van der Waals surface area contributed by atoms with Gasteiger partial charge in [-0.3, -0.25) is 0 Å². The van der Waals surface area contributed by atoms with E-state index in [0.717, 1.165) is 17.7 Å². The van der Waals surface area contributed by atoms with Crippen molar-refractivity contribution < 1.29 is 22.4 Å². The zero-order chi connectivity index (χ0) is 24.6. The summed E-state index contributed by atoms with van der Waals surface area (Å²) in [4.78, 5) is 14.3. The van der Waals surface area contributed by atoms with E-state index in [-0.39, 0.29) is 24.3 Å². The Morgan fingerprint density at radius 3 is 2.38 bits per heavy atom. The van der Waals surface area contributed by atoms with Gasteiger partial charge in [0, 0.05) is 13.1 Å². The van der Waals surface area contributed by atoms with Crippen molar-refractivity contribution in [1.29, 1.82) is 0 Å². The van der Waals surface area contributed by atoms with Crippen molar-refractivity contribution in [2.45, 2.75) is 45.5 Å². The molecule has 1 atom stereocenters. The minimum Gasteiger partial charge on any atom is -0.329 e. The van der Waals surface area contributed by atoms with Gasteiger partial charge in [0.05, 0.1) is 11.6 Å². The first-order chi connectivity index (χ1) is 16.0. The van der Waals surface area contributed by atoms with Crippen LogP contribution in [0.1, 0.15) is 53.6 Å². The summed E-state index contributed by atoms with van der Waals surface area (Å²) in [6.07, 6.45) is -4.53. The molecule has 3 aromatic carbocycles. The van der Waals surface area contributed by atoms with Crippen LogP contribution in [0.5, 0.6) is 0 Å². The van der Waals surface area contributed by atoms with Gasteiger partial charge in [0.1, 0.15) is 5.82 Å². The Morgan fingerprint density at radius 2 is 1.74 bits per heavy atom. The molecule has 2 amide bonds. The average Bonchev–Trinajstić information content (AvgIpc) is 3.13. The number of hydrogen-bond donors (Lipinski definition) is 1. The highest BCUT2D eigenvalue weighted by Crippen LogP contribution is 2.39. The fraction of sp³-hybridized carbons (Fsp3) is 0.296. The van der Waals surface area contributed by atoms with Crippen molar-refractivity contribution in [1.82, 2.24) is 10.2 Å². The predicted octanol–water partition coefficient (Wildman–Crippen LogP) is 7.21. The lowest BCUT2D eigenvalue weighted by atomic mass is 9.88. The zero-order valence-electron chi connectivity index (χ0n) is 19.2. The van der Waals surface area contributed by atoms with Crippen molar-refractivity contribution in [3.63, 3.8) is 0 Å². The van der Waals surface area contributed by atoms with Gasteiger partial charge >= 0.3 is 12.2 Å². The Kier molecular flexibility index (Phi) is 6.39. The highest BCUT2D eigenvalue weighted by Gasteiger charge is 2.35. The molecule has 0 bridgehead atoms. The number of amides is 2. The monoisotopic (exact) mass is 470 g/mol. The van der Waals surface area contributed by atoms with Gasteiger partial charge in [0.25, 0.3) is 0 Å². The van der Waals surface area contributed by atoms with Crippen LogP contribution in [0, 0.1) is 12.7 Å². The van der Waals surface area contributed by atoms with Crippen LogP contribution in [0.4, 0.5) is 22.4 Å². The molecule has 1 N–H and O–H groups in total. The summed E-state index contributed by atoms with van der Waals surface area (Å²) in [6.45, 7) is 6.04. The molecule has 1 aliphatic rings. The van der Waals surface area contributed by atoms with E-state index < -0.39 is 17.8 Å². The summed E-state index contributed by atoms with van der Waals surface area (Å²) < 4.78 is 55.3. The van der Waals surface area contributed by atoms with Crippen LogP contribution in [-0.4, -0.2) is 17.5 Å². The topological polar surface area (TPSA) is 32.3 Å². The number of benzene rings is 3. The van der Waals surface area contributed by atoms with Crippen LogP contribution in [0.25, 0.3) is 11.1 Å². The van der Waals surface area contributed by atoms with E-state index in [1.54, 1.807) is 17.9 Å². The summed E-state index contributed by atoms with van der Waals surface area (Å²) in [5, 5.41) is 2.84. The molecule has 1 heterocycles. The summed E-state index contributed by atoms with van der Waals surface area (Å²) >= 11 is 0. The van der Waals surface area contributed by atoms with Gasteiger partial charge in [0.2, 0.25) is 0 Å². The van der Waals surface area contributed by atoms with Gasteiger partial charge in [-0.05, 0) is 70.5 Å². The SMILES string of the molecule is Cc1cc(F)c(C(C)C)cc1-c1ccc(C(F)(F)F)cc1C1CN(Cc2ccccc2)C(=O)N1. The third-order valence-corrected chi connectivity index (χ3v) is 6.21. The Morgan fingerprint density at radius 1 is 1.03 bits per heavy atom. The smallest absolute Gasteiger partial charge is 0.329 e. The molecule has 7 heteroatoms. The molecule has 1 aliphatic heterocycles. The van der Waals surface area contributed by atoms with E-state index in [0.29, 0.717) is 34.4 Å². The van der Waals surface area contributed by atoms with Gasteiger partial charge < -0.3 is 10.2 Å². The minimum atomic E-state index is -4.53. The molecule has 3 aromatic rings. The lowest BCUT2D eigenvalue weighted by Crippen LogP contribution is -2.27. The predicted molar refractivity (Wildman–Crippen MR) is 124 cm³/mol. The molecule has 0 spiro atoms. The van der Waals surface area contributed by atoms with Gasteiger partial charge in [-0.2, -0.15) is 13.2 Å². The van der Waals surface area contributed by atoms with E-state index in [4.69, 9.17) is 0 Å². The van der Waals surface area contributed by atoms with Gasteiger partial charge in [0.15, 0.2) is 0 Å². The maximum Gasteiger partial charge on any atom is 0.416 e. The van der Waals surface area contributed by atoms with Gasteiger partial charge in [-0.1, -0.05) is 50.2 Å². The zero-order valence-corrected chi connectivity index (χ0v) is 19.2. The first-order valence-electron chi connectivity index (χ1n) is 11.2. The second-order valence-corrected chi connectivity index (χ2v) is 9.01. The van der Waals surface area contributed by atoms with Crippen LogP contribution in [-0.2, 0) is 12.7 Å². The highest BCUT2D eigenvalue weighted by molar-refractivity contribution is 5.79. The maximum absolute atomic E-state index is 14.5. The molecular formula is C27H26F4N2O. The number of alkyl halides is 3. The van der Waals surface area contributed by atoms with Crippen molar-refractivity contribution in [2.24, 2.45) is 0 Å². The summed E-state index contributed by atoms with van der Waals surface area (Å²) in [6, 6.07) is 15.1. The molecule has 3 nitrogen and oxygen atoms in total. The number of halogens is 4. The number of nitrogens with zero attached hydrogens (tertiary/aromatic N) is 1. The lowest BCUT2D eigenvalue weighted by molar-refractivity contribution is -0.137. The van der Waals surface area contributed by atoms with Crippen LogP contribution in [0.2, 0.25) is 0 Å². The first-order valence-corrected chi connectivity index (χ1v) is 11.2. The Balaban J connectivity index is 1.78. The third kappa shape index (κ3) is 4.79. The van der Waals surface area contributed by atoms with Crippen LogP contribution >= 0.6 is 0 Å². The van der Waals surface area contributed by atoms with Crippen molar-refractivity contribution in [3.8, 4) is 11.1 Å². The Bertz CT molecular complexity index is 1210. The number of carbonyl (C=O) groups excluding carboxylic acids is 1. The van der Waals surface area contributed by atoms with Crippen molar-refractivity contribution >= 4 is 6.03 Å². The maximum atomic E-state index is 14.5. The van der Waals surface area contributed by atoms with Crippen LogP contribution in [0.3, 0.4) is 0 Å². The average molecular weight is 471 g/mol. The fourth-order valence-corrected chi connectivity index (χ4v) is 4.40. The largest absolute Gasteiger partial charge is 0.416 e. The summed E-state index contributed by atoms with van der Waals surface area (Å²) in [5.41, 5.74) is 2.83. The molecule has 34 heavy (non-hydrogen) atoms. The Labute approximate surface area is 196 Å². The first kappa shape index (κ1) is 23.8. The van der Waals surface area contributed by atoms with Crippen LogP contribution in [0.15, 0.2) is 60.7 Å². The Hall–Kier alpha value is -3.35. The van der Waals surface area contributed by atoms with E-state index >= 15 is 0 Å². The number of urea groups is 1. The van der Waals surface area contributed by atoms with Crippen molar-refractivity contribution in [2.75, 3.05) is 6.54 Å². The molecule has 0 aliphatic carbocycles. The normalized spacial score (nSPS) is 16.3. The standard InChI is InChI=1S/C27H26F4N2O/c1-16(2)21-13-22(17(3)11-24(21)28)20-10-9-19(27(29,30)31)12-23(20)25-15-33(26(34)32-25)14-18-7-5-4-6-8-18/h4-13,16,25H,14-15H2,1-3H3,(H,32,34). The molecular weight excluding hydrogens is 444 g/mol. The van der Waals surface area contributed by atoms with E-state index in [9.17, 15) is 22.4 Å². The summed E-state index contributed by atoms with van der Waals surface area (Å²) in [7, 11) is 0. The van der Waals surface area contributed by atoms with Gasteiger partial charge in [-0.15, -0.1) is 0 Å². The van der Waals surface area contributed by atoms with Crippen molar-refractivity contribution in [3.05, 3.63) is 94.3 Å².